The van der Waals surface area contributed by atoms with Crippen LogP contribution in [0.25, 0.3) is 16.2 Å². The highest BCUT2D eigenvalue weighted by atomic mass is 32.1. The van der Waals surface area contributed by atoms with Gasteiger partial charge in [-0.05, 0) is 6.92 Å². The number of hydrogen-bond acceptors (Lipinski definition) is 5. The van der Waals surface area contributed by atoms with Gasteiger partial charge in [-0.15, -0.1) is 11.3 Å². The van der Waals surface area contributed by atoms with E-state index in [1.807, 2.05) is 16.0 Å². The molecule has 3 heterocycles. The quantitative estimate of drug-likeness (QED) is 0.709. The highest BCUT2D eigenvalue weighted by Crippen LogP contribution is 2.24. The van der Waals surface area contributed by atoms with Gasteiger partial charge in [0, 0.05) is 49.0 Å². The van der Waals surface area contributed by atoms with E-state index in [2.05, 4.69) is 41.4 Å². The van der Waals surface area contributed by atoms with E-state index in [0.717, 1.165) is 54.8 Å². The average molecular weight is 385 g/mol. The minimum Gasteiger partial charge on any atom is -0.379 e. The van der Waals surface area contributed by atoms with Gasteiger partial charge >= 0.3 is 0 Å². The van der Waals surface area contributed by atoms with Crippen molar-refractivity contribution in [1.29, 1.82) is 0 Å². The summed E-state index contributed by atoms with van der Waals surface area (Å²) in [6.45, 7) is 7.07. The maximum Gasteiger partial charge on any atom is 0.226 e. The van der Waals surface area contributed by atoms with Crippen LogP contribution in [0.1, 0.15) is 11.3 Å². The lowest BCUT2D eigenvalue weighted by Gasteiger charge is -2.26. The van der Waals surface area contributed by atoms with Crippen molar-refractivity contribution in [2.24, 2.45) is 0 Å². The van der Waals surface area contributed by atoms with Crippen LogP contribution in [0.5, 0.6) is 0 Å². The third-order valence-corrected chi connectivity index (χ3v) is 5.72. The number of aryl methyl sites for hydroxylation is 1. The molecule has 0 radical (unpaired) electrons. The van der Waals surface area contributed by atoms with Gasteiger partial charge in [0.15, 0.2) is 4.96 Å². The zero-order chi connectivity index (χ0) is 18.6. The fourth-order valence-corrected chi connectivity index (χ4v) is 4.10. The molecule has 0 aliphatic carbocycles. The van der Waals surface area contributed by atoms with Crippen molar-refractivity contribution in [3.63, 3.8) is 0 Å². The summed E-state index contributed by atoms with van der Waals surface area (Å²) in [6.07, 6.45) is 2.39. The number of fused-ring (bicyclic) bond motifs is 1. The number of carbonyl (C=O) groups is 1. The first-order chi connectivity index (χ1) is 13.2. The van der Waals surface area contributed by atoms with E-state index in [1.54, 1.807) is 11.3 Å². The van der Waals surface area contributed by atoms with Gasteiger partial charge in [0.25, 0.3) is 0 Å². The van der Waals surface area contributed by atoms with Gasteiger partial charge in [-0.25, -0.2) is 4.98 Å². The lowest BCUT2D eigenvalue weighted by molar-refractivity contribution is -0.120. The summed E-state index contributed by atoms with van der Waals surface area (Å²) in [5, 5.41) is 5.04. The molecule has 0 saturated carbocycles. The zero-order valence-corrected chi connectivity index (χ0v) is 16.3. The summed E-state index contributed by atoms with van der Waals surface area (Å²) in [7, 11) is 0. The van der Waals surface area contributed by atoms with Gasteiger partial charge in [0.1, 0.15) is 0 Å². The molecule has 0 spiro atoms. The number of imidazole rings is 1. The van der Waals surface area contributed by atoms with Crippen LogP contribution in [0.4, 0.5) is 0 Å². The van der Waals surface area contributed by atoms with Crippen LogP contribution in [0.3, 0.4) is 0 Å². The molecule has 7 heteroatoms. The predicted molar refractivity (Wildman–Crippen MR) is 107 cm³/mol. The number of morpholine rings is 1. The number of rotatable bonds is 6. The number of ether oxygens (including phenoxy) is 1. The van der Waals surface area contributed by atoms with Crippen LogP contribution >= 0.6 is 11.3 Å². The molecule has 1 aliphatic heterocycles. The third-order valence-electron chi connectivity index (χ3n) is 4.83. The number of thiazole rings is 1. The number of carbonyl (C=O) groups excluding carboxylic acids is 1. The fraction of sp³-hybridized carbons (Fsp3) is 0.400. The number of hydrogen-bond donors (Lipinski definition) is 1. The molecule has 0 atom stereocenters. The highest BCUT2D eigenvalue weighted by molar-refractivity contribution is 7.15. The molecule has 3 aromatic rings. The van der Waals surface area contributed by atoms with E-state index in [-0.39, 0.29) is 5.91 Å². The van der Waals surface area contributed by atoms with Gasteiger partial charge in [-0.2, -0.15) is 0 Å². The van der Waals surface area contributed by atoms with Crippen LogP contribution in [0.2, 0.25) is 0 Å². The molecule has 1 fully saturated rings. The second kappa shape index (κ2) is 8.21. The number of benzene rings is 1. The van der Waals surface area contributed by atoms with Crippen molar-refractivity contribution in [2.45, 2.75) is 13.3 Å². The van der Waals surface area contributed by atoms with E-state index < -0.39 is 0 Å². The van der Waals surface area contributed by atoms with Crippen LogP contribution < -0.4 is 5.32 Å². The summed E-state index contributed by atoms with van der Waals surface area (Å²) in [5.74, 6) is 0.0496. The largest absolute Gasteiger partial charge is 0.379 e. The molecule has 1 aliphatic rings. The molecule has 1 amide bonds. The molecule has 142 valence electrons. The zero-order valence-electron chi connectivity index (χ0n) is 15.5. The Morgan fingerprint density at radius 3 is 2.81 bits per heavy atom. The van der Waals surface area contributed by atoms with Gasteiger partial charge in [-0.1, -0.05) is 29.8 Å². The predicted octanol–water partition coefficient (Wildman–Crippen LogP) is 2.36. The van der Waals surface area contributed by atoms with Crippen LogP contribution in [-0.2, 0) is 16.0 Å². The Bertz CT molecular complexity index is 910. The lowest BCUT2D eigenvalue weighted by atomic mass is 10.1. The number of aromatic nitrogens is 2. The van der Waals surface area contributed by atoms with E-state index >= 15 is 0 Å². The molecule has 1 saturated heterocycles. The molecule has 27 heavy (non-hydrogen) atoms. The number of amides is 1. The second-order valence-electron chi connectivity index (χ2n) is 6.85. The SMILES string of the molecule is Cc1ccc(-c2cn3c(CC(=O)NCCN4CCOCC4)csc3n2)cc1. The normalized spacial score (nSPS) is 15.3. The number of nitrogens with zero attached hydrogens (tertiary/aromatic N) is 3. The van der Waals surface area contributed by atoms with Crippen LogP contribution in [0.15, 0.2) is 35.8 Å². The Morgan fingerprint density at radius 1 is 1.26 bits per heavy atom. The fourth-order valence-electron chi connectivity index (χ4n) is 3.23. The van der Waals surface area contributed by atoms with Crippen LogP contribution in [0, 0.1) is 6.92 Å². The molecule has 0 unspecified atom stereocenters. The summed E-state index contributed by atoms with van der Waals surface area (Å²) in [4.78, 5) is 20.3. The summed E-state index contributed by atoms with van der Waals surface area (Å²) in [5.41, 5.74) is 4.24. The van der Waals surface area contributed by atoms with Crippen molar-refractivity contribution in [3.8, 4) is 11.3 Å². The molecule has 2 aromatic heterocycles. The van der Waals surface area contributed by atoms with Crippen molar-refractivity contribution >= 4 is 22.2 Å². The van der Waals surface area contributed by atoms with E-state index in [9.17, 15) is 4.79 Å². The first kappa shape index (κ1) is 18.2. The first-order valence-electron chi connectivity index (χ1n) is 9.28. The van der Waals surface area contributed by atoms with E-state index in [0.29, 0.717) is 13.0 Å². The molecule has 0 bridgehead atoms. The maximum absolute atomic E-state index is 12.3. The molecule has 1 N–H and O–H groups in total. The van der Waals surface area contributed by atoms with E-state index in [4.69, 9.17) is 9.72 Å². The summed E-state index contributed by atoms with van der Waals surface area (Å²) in [6, 6.07) is 8.34. The highest BCUT2D eigenvalue weighted by Gasteiger charge is 2.14. The van der Waals surface area contributed by atoms with Gasteiger partial charge < -0.3 is 10.1 Å². The van der Waals surface area contributed by atoms with Gasteiger partial charge in [0.05, 0.1) is 25.3 Å². The minimum absolute atomic E-state index is 0.0496. The maximum atomic E-state index is 12.3. The molecule has 4 rings (SSSR count). The second-order valence-corrected chi connectivity index (χ2v) is 7.69. The molecule has 1 aromatic carbocycles. The Hall–Kier alpha value is -2.22. The summed E-state index contributed by atoms with van der Waals surface area (Å²) >= 11 is 1.57. The van der Waals surface area contributed by atoms with Crippen molar-refractivity contribution < 1.29 is 9.53 Å². The lowest BCUT2D eigenvalue weighted by Crippen LogP contribution is -2.41. The van der Waals surface area contributed by atoms with Crippen molar-refractivity contribution in [3.05, 3.63) is 47.1 Å². The molecular formula is C20H24N4O2S. The first-order valence-corrected chi connectivity index (χ1v) is 10.2. The smallest absolute Gasteiger partial charge is 0.226 e. The summed E-state index contributed by atoms with van der Waals surface area (Å²) < 4.78 is 7.37. The molecular weight excluding hydrogens is 360 g/mol. The van der Waals surface area contributed by atoms with Gasteiger partial charge in [-0.3, -0.25) is 14.1 Å². The Labute approximate surface area is 162 Å². The minimum atomic E-state index is 0.0496. The average Bonchev–Trinajstić information content (AvgIpc) is 3.25. The Balaban J connectivity index is 1.37. The van der Waals surface area contributed by atoms with Crippen LogP contribution in [-0.4, -0.2) is 59.6 Å². The standard InChI is InChI=1S/C20H24N4O2S/c1-15-2-4-16(5-3-15)18-13-24-17(14-27-20(24)22-18)12-19(25)21-6-7-23-8-10-26-11-9-23/h2-5,13-14H,6-12H2,1H3,(H,21,25). The monoisotopic (exact) mass is 384 g/mol. The van der Waals surface area contributed by atoms with E-state index in [1.165, 1.54) is 5.56 Å². The van der Waals surface area contributed by atoms with Crippen molar-refractivity contribution in [1.82, 2.24) is 19.6 Å². The number of nitrogens with one attached hydrogen (secondary N) is 1. The Morgan fingerprint density at radius 2 is 2.04 bits per heavy atom. The topological polar surface area (TPSA) is 58.9 Å². The van der Waals surface area contributed by atoms with Gasteiger partial charge in [0.2, 0.25) is 5.91 Å². The molecule has 6 nitrogen and oxygen atoms in total. The van der Waals surface area contributed by atoms with Crippen molar-refractivity contribution in [2.75, 3.05) is 39.4 Å². The Kier molecular flexibility index (Phi) is 5.52. The third kappa shape index (κ3) is 4.37.